The van der Waals surface area contributed by atoms with Crippen LogP contribution < -0.4 is 4.74 Å². The van der Waals surface area contributed by atoms with Gasteiger partial charge in [-0.1, -0.05) is 65.7 Å². The molecular weight excluding hydrogens is 279 g/mol. The van der Waals surface area contributed by atoms with Crippen molar-refractivity contribution < 1.29 is 4.74 Å². The van der Waals surface area contributed by atoms with E-state index in [1.54, 1.807) is 7.11 Å². The van der Waals surface area contributed by atoms with Crippen LogP contribution in [0.4, 0.5) is 0 Å². The molecule has 3 heteroatoms. The van der Waals surface area contributed by atoms with Crippen LogP contribution in [0.25, 0.3) is 0 Å². The molecule has 0 spiro atoms. The molecule has 0 aliphatic heterocycles. The molecule has 0 saturated heterocycles. The fraction of sp³-hybridized carbons (Fsp3) is 0.188. The van der Waals surface area contributed by atoms with E-state index in [1.165, 1.54) is 0 Å². The molecule has 19 heavy (non-hydrogen) atoms. The maximum atomic E-state index is 6.41. The summed E-state index contributed by atoms with van der Waals surface area (Å²) >= 11 is 12.8. The zero-order valence-corrected chi connectivity index (χ0v) is 11.9. The fourth-order valence-corrected chi connectivity index (χ4v) is 3.23. The second kappa shape index (κ2) is 4.73. The predicted octanol–water partition coefficient (Wildman–Crippen LogP) is 4.59. The van der Waals surface area contributed by atoms with Gasteiger partial charge in [0.05, 0.1) is 13.0 Å². The van der Waals surface area contributed by atoms with E-state index in [1.807, 2.05) is 42.5 Å². The van der Waals surface area contributed by atoms with E-state index in [4.69, 9.17) is 27.9 Å². The predicted molar refractivity (Wildman–Crippen MR) is 79.0 cm³/mol. The van der Waals surface area contributed by atoms with Crippen molar-refractivity contribution in [3.05, 3.63) is 71.6 Å². The molecule has 0 amide bonds. The number of hydrogen-bond donors (Lipinski definition) is 0. The molecule has 0 aromatic heterocycles. The molecule has 0 heterocycles. The largest absolute Gasteiger partial charge is 0.497 e. The molecule has 0 bridgehead atoms. The molecule has 1 unspecified atom stereocenters. The Kier molecular flexibility index (Phi) is 3.20. The van der Waals surface area contributed by atoms with E-state index in [-0.39, 0.29) is 5.92 Å². The molecule has 1 saturated carbocycles. The van der Waals surface area contributed by atoms with Crippen LogP contribution in [0, 0.1) is 5.92 Å². The molecule has 1 fully saturated rings. The zero-order valence-electron chi connectivity index (χ0n) is 10.4. The summed E-state index contributed by atoms with van der Waals surface area (Å²) in [5.74, 6) is 1.96. The molecule has 97 valence electrons. The van der Waals surface area contributed by atoms with Gasteiger partial charge in [0.1, 0.15) is 10.1 Å². The fourth-order valence-electron chi connectivity index (χ4n) is 2.43. The third-order valence-corrected chi connectivity index (χ3v) is 4.30. The lowest BCUT2D eigenvalue weighted by molar-refractivity contribution is 0.414. The Balaban J connectivity index is 1.89. The highest BCUT2D eigenvalue weighted by Gasteiger charge is 2.65. The molecule has 1 aliphatic carbocycles. The molecule has 3 rings (SSSR count). The minimum atomic E-state index is -0.796. The third kappa shape index (κ3) is 2.22. The van der Waals surface area contributed by atoms with Crippen LogP contribution >= 0.6 is 23.2 Å². The lowest BCUT2D eigenvalue weighted by Gasteiger charge is -2.02. The van der Waals surface area contributed by atoms with Crippen LogP contribution in [0.15, 0.2) is 54.6 Å². The van der Waals surface area contributed by atoms with Crippen molar-refractivity contribution in [1.29, 1.82) is 0 Å². The first kappa shape index (κ1) is 12.8. The van der Waals surface area contributed by atoms with Crippen molar-refractivity contribution in [2.24, 2.45) is 0 Å². The molecule has 1 atom stereocenters. The van der Waals surface area contributed by atoms with Gasteiger partial charge in [-0.2, -0.15) is 0 Å². The summed E-state index contributed by atoms with van der Waals surface area (Å²) in [7, 11) is 1.65. The van der Waals surface area contributed by atoms with Crippen LogP contribution in [0.5, 0.6) is 5.75 Å². The Hall–Kier alpha value is -1.18. The van der Waals surface area contributed by atoms with E-state index >= 15 is 0 Å². The van der Waals surface area contributed by atoms with E-state index < -0.39 is 4.33 Å². The number of hydrogen-bond acceptors (Lipinski definition) is 1. The molecule has 2 aromatic carbocycles. The normalized spacial score (nSPS) is 21.1. The highest BCUT2D eigenvalue weighted by molar-refractivity contribution is 6.54. The van der Waals surface area contributed by atoms with Crippen molar-refractivity contribution >= 4 is 23.2 Å². The minimum absolute atomic E-state index is 0.0745. The van der Waals surface area contributed by atoms with Gasteiger partial charge < -0.3 is 4.74 Å². The maximum absolute atomic E-state index is 6.41. The Morgan fingerprint density at radius 3 is 2.16 bits per heavy atom. The second-order valence-electron chi connectivity index (χ2n) is 4.61. The highest BCUT2D eigenvalue weighted by Crippen LogP contribution is 2.69. The van der Waals surface area contributed by atoms with Crippen molar-refractivity contribution in [3.63, 3.8) is 0 Å². The van der Waals surface area contributed by atoms with Crippen LogP contribution in [0.1, 0.15) is 17.0 Å². The number of methoxy groups -OCH3 is 1. The van der Waals surface area contributed by atoms with E-state index in [0.717, 1.165) is 22.8 Å². The summed E-state index contributed by atoms with van der Waals surface area (Å²) in [4.78, 5) is 0. The molecular formula is C16H13Cl2O. The van der Waals surface area contributed by atoms with Gasteiger partial charge in [0.15, 0.2) is 0 Å². The number of benzene rings is 2. The van der Waals surface area contributed by atoms with Crippen molar-refractivity contribution in [2.75, 3.05) is 7.11 Å². The van der Waals surface area contributed by atoms with Crippen molar-refractivity contribution in [3.8, 4) is 5.75 Å². The summed E-state index contributed by atoms with van der Waals surface area (Å²) in [6.07, 6.45) is 0. The van der Waals surface area contributed by atoms with E-state index in [2.05, 4.69) is 12.1 Å². The lowest BCUT2D eigenvalue weighted by Crippen LogP contribution is -1.91. The smallest absolute Gasteiger partial charge is 0.137 e. The third-order valence-electron chi connectivity index (χ3n) is 3.46. The highest BCUT2D eigenvalue weighted by atomic mass is 35.5. The van der Waals surface area contributed by atoms with Crippen LogP contribution in [0.3, 0.4) is 0 Å². The summed E-state index contributed by atoms with van der Waals surface area (Å²) in [5, 5.41) is 0. The number of halogens is 2. The maximum Gasteiger partial charge on any atom is 0.137 e. The first-order valence-corrected chi connectivity index (χ1v) is 6.84. The Bertz CT molecular complexity index is 563. The minimum Gasteiger partial charge on any atom is -0.497 e. The monoisotopic (exact) mass is 291 g/mol. The lowest BCUT2D eigenvalue weighted by atomic mass is 10.0. The molecule has 1 aliphatic rings. The van der Waals surface area contributed by atoms with Gasteiger partial charge in [-0.05, 0) is 23.3 Å². The number of rotatable bonds is 3. The average molecular weight is 292 g/mol. The van der Waals surface area contributed by atoms with Crippen molar-refractivity contribution in [1.82, 2.24) is 0 Å². The quantitative estimate of drug-likeness (QED) is 0.752. The standard InChI is InChI=1S/C16H13Cl2O/c1-19-13-9-7-12(8-10-13)15-14(16(15,17)18)11-5-3-2-4-6-11/h2-10,14H,1H3. The van der Waals surface area contributed by atoms with Crippen LogP contribution in [0.2, 0.25) is 0 Å². The first-order chi connectivity index (χ1) is 9.14. The topological polar surface area (TPSA) is 9.23 Å². The second-order valence-corrected chi connectivity index (χ2v) is 5.99. The Morgan fingerprint density at radius 2 is 1.58 bits per heavy atom. The van der Waals surface area contributed by atoms with Gasteiger partial charge >= 0.3 is 0 Å². The van der Waals surface area contributed by atoms with E-state index in [9.17, 15) is 0 Å². The average Bonchev–Trinajstić information content (AvgIpc) is 3.02. The molecule has 2 aromatic rings. The van der Waals surface area contributed by atoms with Crippen molar-refractivity contribution in [2.45, 2.75) is 10.3 Å². The first-order valence-electron chi connectivity index (χ1n) is 6.09. The van der Waals surface area contributed by atoms with Gasteiger partial charge in [0, 0.05) is 5.92 Å². The van der Waals surface area contributed by atoms with E-state index in [0.29, 0.717) is 0 Å². The summed E-state index contributed by atoms with van der Waals surface area (Å²) < 4.78 is 4.36. The number of alkyl halides is 2. The van der Waals surface area contributed by atoms with Gasteiger partial charge in [0.2, 0.25) is 0 Å². The molecule has 1 radical (unpaired) electrons. The SMILES string of the molecule is COc1ccc([C]2C(c3ccccc3)C2(Cl)Cl)cc1. The van der Waals surface area contributed by atoms with Gasteiger partial charge in [0.25, 0.3) is 0 Å². The zero-order chi connectivity index (χ0) is 13.5. The molecule has 0 N–H and O–H groups in total. The van der Waals surface area contributed by atoms with Crippen LogP contribution in [-0.2, 0) is 0 Å². The summed E-state index contributed by atoms with van der Waals surface area (Å²) in [6, 6.07) is 17.9. The van der Waals surface area contributed by atoms with Gasteiger partial charge in [-0.15, -0.1) is 0 Å². The number of ether oxygens (including phenoxy) is 1. The van der Waals surface area contributed by atoms with Gasteiger partial charge in [-0.3, -0.25) is 0 Å². The Morgan fingerprint density at radius 1 is 0.947 bits per heavy atom. The Labute approximate surface area is 123 Å². The molecule has 1 nitrogen and oxygen atoms in total. The summed E-state index contributed by atoms with van der Waals surface area (Å²) in [6.45, 7) is 0. The van der Waals surface area contributed by atoms with Gasteiger partial charge in [-0.25, -0.2) is 0 Å². The van der Waals surface area contributed by atoms with Crippen LogP contribution in [-0.4, -0.2) is 11.4 Å². The summed E-state index contributed by atoms with van der Waals surface area (Å²) in [5.41, 5.74) is 2.22.